The molecular formula is C10H14N6O5. The quantitative estimate of drug-likeness (QED) is 0.383. The van der Waals surface area contributed by atoms with Crippen LogP contribution in [-0.4, -0.2) is 76.9 Å². The standard InChI is InChI=1S/C10H14N6O5/c11-8-5-9(14-15-13-8)16(3-12-5)10(2-18)7(20)6(19)4(1-17)21-10/h3-4,6-7,17-20H,1-2H2,(H2,11,13,14)/t4-,6?,7+,10-/m1/s1. The molecule has 0 aliphatic carbocycles. The van der Waals surface area contributed by atoms with E-state index in [1.54, 1.807) is 0 Å². The van der Waals surface area contributed by atoms with Gasteiger partial charge in [-0.3, -0.25) is 4.57 Å². The van der Waals surface area contributed by atoms with Gasteiger partial charge in [0.05, 0.1) is 19.5 Å². The number of aromatic nitrogens is 5. The van der Waals surface area contributed by atoms with E-state index < -0.39 is 37.3 Å². The van der Waals surface area contributed by atoms with Gasteiger partial charge in [0.15, 0.2) is 22.7 Å². The molecule has 0 bridgehead atoms. The zero-order valence-electron chi connectivity index (χ0n) is 10.7. The molecule has 11 nitrogen and oxygen atoms in total. The third kappa shape index (κ3) is 1.79. The number of aliphatic hydroxyl groups excluding tert-OH is 4. The van der Waals surface area contributed by atoms with Gasteiger partial charge in [-0.05, 0) is 5.21 Å². The number of anilines is 1. The molecule has 0 amide bonds. The first-order chi connectivity index (χ1) is 10.0. The van der Waals surface area contributed by atoms with Gasteiger partial charge >= 0.3 is 0 Å². The fourth-order valence-corrected chi connectivity index (χ4v) is 2.48. The average molecular weight is 298 g/mol. The summed E-state index contributed by atoms with van der Waals surface area (Å²) in [6.45, 7) is -1.21. The molecule has 0 aromatic carbocycles. The lowest BCUT2D eigenvalue weighted by molar-refractivity contribution is -0.169. The first-order valence-corrected chi connectivity index (χ1v) is 6.13. The smallest absolute Gasteiger partial charge is 0.199 e. The third-order valence-electron chi connectivity index (χ3n) is 3.61. The Morgan fingerprint density at radius 1 is 1.33 bits per heavy atom. The Kier molecular flexibility index (Phi) is 3.22. The fourth-order valence-electron chi connectivity index (χ4n) is 2.48. The molecule has 1 aliphatic rings. The summed E-state index contributed by atoms with van der Waals surface area (Å²) >= 11 is 0. The number of imidazole rings is 1. The van der Waals surface area contributed by atoms with Crippen LogP contribution in [0.15, 0.2) is 6.33 Å². The molecule has 1 aliphatic heterocycles. The van der Waals surface area contributed by atoms with E-state index in [2.05, 4.69) is 20.4 Å². The Hall–Kier alpha value is -1.92. The number of aliphatic hydroxyl groups is 4. The molecule has 3 rings (SSSR count). The Balaban J connectivity index is 2.17. The highest BCUT2D eigenvalue weighted by Gasteiger charge is 2.55. The molecule has 114 valence electrons. The van der Waals surface area contributed by atoms with E-state index in [0.29, 0.717) is 0 Å². The minimum absolute atomic E-state index is 0.0265. The SMILES string of the molecule is Nc1nnnc2c1ncn2[C@]1(CO)O[C@H](CO)C(O)[C@@H]1O. The molecule has 1 saturated heterocycles. The largest absolute Gasteiger partial charge is 0.394 e. The maximum atomic E-state index is 10.2. The van der Waals surface area contributed by atoms with Crippen LogP contribution in [-0.2, 0) is 10.5 Å². The van der Waals surface area contributed by atoms with Crippen molar-refractivity contribution in [2.45, 2.75) is 24.0 Å². The van der Waals surface area contributed by atoms with Gasteiger partial charge in [-0.15, -0.1) is 10.2 Å². The molecular weight excluding hydrogens is 284 g/mol. The predicted molar refractivity (Wildman–Crippen MR) is 66.6 cm³/mol. The van der Waals surface area contributed by atoms with Gasteiger partial charge in [-0.25, -0.2) is 4.98 Å². The number of hydrogen-bond acceptors (Lipinski definition) is 10. The lowest BCUT2D eigenvalue weighted by Gasteiger charge is -2.31. The second-order valence-corrected chi connectivity index (χ2v) is 4.74. The van der Waals surface area contributed by atoms with Crippen molar-refractivity contribution in [2.24, 2.45) is 0 Å². The van der Waals surface area contributed by atoms with Crippen LogP contribution in [0.4, 0.5) is 5.82 Å². The Morgan fingerprint density at radius 3 is 2.71 bits per heavy atom. The van der Waals surface area contributed by atoms with Crippen molar-refractivity contribution in [3.8, 4) is 0 Å². The monoisotopic (exact) mass is 298 g/mol. The first kappa shape index (κ1) is 14.0. The number of nitrogens with two attached hydrogens (primary N) is 1. The molecule has 0 spiro atoms. The molecule has 21 heavy (non-hydrogen) atoms. The van der Waals surface area contributed by atoms with Crippen molar-refractivity contribution in [3.63, 3.8) is 0 Å². The van der Waals surface area contributed by atoms with E-state index in [9.17, 15) is 20.4 Å². The summed E-state index contributed by atoms with van der Waals surface area (Å²) in [4.78, 5) is 3.99. The molecule has 1 unspecified atom stereocenters. The van der Waals surface area contributed by atoms with Gasteiger partial charge in [-0.2, -0.15) is 0 Å². The molecule has 2 aromatic heterocycles. The van der Waals surface area contributed by atoms with E-state index >= 15 is 0 Å². The third-order valence-corrected chi connectivity index (χ3v) is 3.61. The van der Waals surface area contributed by atoms with Crippen LogP contribution in [0.1, 0.15) is 0 Å². The van der Waals surface area contributed by atoms with Crippen molar-refractivity contribution < 1.29 is 25.2 Å². The predicted octanol–water partition coefficient (Wildman–Crippen LogP) is -3.44. The Bertz CT molecular complexity index is 664. The van der Waals surface area contributed by atoms with E-state index in [-0.39, 0.29) is 17.0 Å². The number of hydrogen-bond donors (Lipinski definition) is 5. The van der Waals surface area contributed by atoms with Crippen LogP contribution >= 0.6 is 0 Å². The van der Waals surface area contributed by atoms with Gasteiger partial charge in [0, 0.05) is 0 Å². The maximum Gasteiger partial charge on any atom is 0.199 e. The van der Waals surface area contributed by atoms with Crippen molar-refractivity contribution in [3.05, 3.63) is 6.33 Å². The Labute approximate surface area is 117 Å². The average Bonchev–Trinajstić information content (AvgIpc) is 3.03. The molecule has 11 heteroatoms. The topological polar surface area (TPSA) is 173 Å². The van der Waals surface area contributed by atoms with Gasteiger partial charge in [0.25, 0.3) is 0 Å². The van der Waals surface area contributed by atoms with Crippen molar-refractivity contribution in [2.75, 3.05) is 18.9 Å². The highest BCUT2D eigenvalue weighted by molar-refractivity contribution is 5.80. The van der Waals surface area contributed by atoms with E-state index in [0.717, 1.165) is 0 Å². The summed E-state index contributed by atoms with van der Waals surface area (Å²) < 4.78 is 6.68. The lowest BCUT2D eigenvalue weighted by Crippen LogP contribution is -2.48. The molecule has 0 saturated carbocycles. The van der Waals surface area contributed by atoms with Crippen LogP contribution in [0.2, 0.25) is 0 Å². The summed E-state index contributed by atoms with van der Waals surface area (Å²) in [5, 5.41) is 49.7. The molecule has 6 N–H and O–H groups in total. The number of rotatable bonds is 3. The molecule has 4 atom stereocenters. The highest BCUT2D eigenvalue weighted by Crippen LogP contribution is 2.37. The maximum absolute atomic E-state index is 10.2. The number of fused-ring (bicyclic) bond motifs is 1. The second-order valence-electron chi connectivity index (χ2n) is 4.74. The first-order valence-electron chi connectivity index (χ1n) is 6.13. The molecule has 2 aromatic rings. The van der Waals surface area contributed by atoms with Gasteiger partial charge < -0.3 is 30.9 Å². The van der Waals surface area contributed by atoms with Crippen LogP contribution in [0.5, 0.6) is 0 Å². The minimum Gasteiger partial charge on any atom is -0.394 e. The van der Waals surface area contributed by atoms with Gasteiger partial charge in [0.1, 0.15) is 18.3 Å². The number of ether oxygens (including phenoxy) is 1. The fraction of sp³-hybridized carbons (Fsp3) is 0.600. The normalized spacial score (nSPS) is 32.9. The highest BCUT2D eigenvalue weighted by atomic mass is 16.6. The van der Waals surface area contributed by atoms with Crippen molar-refractivity contribution in [1.29, 1.82) is 0 Å². The van der Waals surface area contributed by atoms with Crippen LogP contribution in [0, 0.1) is 0 Å². The molecule has 1 fully saturated rings. The summed E-state index contributed by atoms with van der Waals surface area (Å²) in [6, 6.07) is 0. The van der Waals surface area contributed by atoms with Gasteiger partial charge in [0.2, 0.25) is 0 Å². The summed E-state index contributed by atoms with van der Waals surface area (Å²) in [5.41, 5.74) is 4.22. The summed E-state index contributed by atoms with van der Waals surface area (Å²) in [5.74, 6) is 0.0265. The molecule has 0 radical (unpaired) electrons. The van der Waals surface area contributed by atoms with Crippen LogP contribution in [0.3, 0.4) is 0 Å². The second kappa shape index (κ2) is 4.82. The zero-order chi connectivity index (χ0) is 15.2. The van der Waals surface area contributed by atoms with Crippen LogP contribution in [0.25, 0.3) is 11.2 Å². The Morgan fingerprint density at radius 2 is 2.10 bits per heavy atom. The number of nitrogens with zero attached hydrogens (tertiary/aromatic N) is 5. The summed E-state index contributed by atoms with van der Waals surface area (Å²) in [7, 11) is 0. The van der Waals surface area contributed by atoms with E-state index in [1.807, 2.05) is 0 Å². The lowest BCUT2D eigenvalue weighted by atomic mass is 10.0. The van der Waals surface area contributed by atoms with Crippen molar-refractivity contribution >= 4 is 17.0 Å². The van der Waals surface area contributed by atoms with E-state index in [1.165, 1.54) is 10.9 Å². The molecule has 3 heterocycles. The van der Waals surface area contributed by atoms with Crippen molar-refractivity contribution in [1.82, 2.24) is 25.0 Å². The van der Waals surface area contributed by atoms with Crippen LogP contribution < -0.4 is 5.73 Å². The van der Waals surface area contributed by atoms with E-state index in [4.69, 9.17) is 10.5 Å². The zero-order valence-corrected chi connectivity index (χ0v) is 10.7. The van der Waals surface area contributed by atoms with Gasteiger partial charge in [-0.1, -0.05) is 0 Å². The minimum atomic E-state index is -1.75. The summed E-state index contributed by atoms with van der Waals surface area (Å²) in [6.07, 6.45) is -2.71. The number of nitrogen functional groups attached to an aromatic ring is 1.